The van der Waals surface area contributed by atoms with Gasteiger partial charge in [0.05, 0.1) is 0 Å². The van der Waals surface area contributed by atoms with E-state index in [2.05, 4.69) is 12.2 Å². The Kier molecular flexibility index (Phi) is 4.41. The van der Waals surface area contributed by atoms with Gasteiger partial charge >= 0.3 is 0 Å². The highest BCUT2D eigenvalue weighted by Crippen LogP contribution is 2.19. The molecule has 0 fully saturated rings. The maximum Gasteiger partial charge on any atom is 0.255 e. The second-order valence-corrected chi connectivity index (χ2v) is 4.99. The molecule has 0 saturated carbocycles. The van der Waals surface area contributed by atoms with Crippen LogP contribution in [-0.2, 0) is 6.42 Å². The molecule has 1 amide bonds. The molecule has 2 aromatic carbocycles. The summed E-state index contributed by atoms with van der Waals surface area (Å²) in [6.07, 6.45) is 2.00. The van der Waals surface area contributed by atoms with E-state index in [0.717, 1.165) is 29.7 Å². The first-order valence-corrected chi connectivity index (χ1v) is 6.86. The summed E-state index contributed by atoms with van der Waals surface area (Å²) >= 11 is 0. The van der Waals surface area contributed by atoms with Crippen molar-refractivity contribution in [1.29, 1.82) is 0 Å². The van der Waals surface area contributed by atoms with E-state index in [0.29, 0.717) is 11.3 Å². The molecule has 2 rings (SSSR count). The Hall–Kier alpha value is -2.29. The molecule has 104 valence electrons. The fourth-order valence-electron chi connectivity index (χ4n) is 2.27. The van der Waals surface area contributed by atoms with Crippen LogP contribution in [0.3, 0.4) is 0 Å². The average molecular weight is 268 g/mol. The Morgan fingerprint density at radius 3 is 2.65 bits per heavy atom. The quantitative estimate of drug-likeness (QED) is 0.829. The van der Waals surface area contributed by atoms with Crippen molar-refractivity contribution >= 4 is 17.3 Å². The van der Waals surface area contributed by atoms with Crippen molar-refractivity contribution in [3.05, 3.63) is 59.2 Å². The van der Waals surface area contributed by atoms with Crippen LogP contribution >= 0.6 is 0 Å². The lowest BCUT2D eigenvalue weighted by Gasteiger charge is -2.11. The monoisotopic (exact) mass is 268 g/mol. The van der Waals surface area contributed by atoms with Crippen molar-refractivity contribution in [3.8, 4) is 0 Å². The Morgan fingerprint density at radius 1 is 1.20 bits per heavy atom. The van der Waals surface area contributed by atoms with Gasteiger partial charge in [0, 0.05) is 16.9 Å². The van der Waals surface area contributed by atoms with E-state index in [4.69, 9.17) is 5.73 Å². The number of para-hydroxylation sites is 1. The lowest BCUT2D eigenvalue weighted by molar-refractivity contribution is 0.102. The number of benzene rings is 2. The van der Waals surface area contributed by atoms with Crippen molar-refractivity contribution in [2.75, 3.05) is 11.1 Å². The predicted octanol–water partition coefficient (Wildman–Crippen LogP) is 3.78. The van der Waals surface area contributed by atoms with E-state index in [1.807, 2.05) is 43.3 Å². The highest BCUT2D eigenvalue weighted by molar-refractivity contribution is 6.05. The van der Waals surface area contributed by atoms with Crippen molar-refractivity contribution in [2.45, 2.75) is 26.7 Å². The molecule has 3 nitrogen and oxygen atoms in total. The molecular weight excluding hydrogens is 248 g/mol. The number of hydrogen-bond donors (Lipinski definition) is 2. The van der Waals surface area contributed by atoms with Gasteiger partial charge in [0.25, 0.3) is 5.91 Å². The Balaban J connectivity index is 2.23. The molecule has 20 heavy (non-hydrogen) atoms. The molecule has 0 bridgehead atoms. The number of rotatable bonds is 4. The van der Waals surface area contributed by atoms with Gasteiger partial charge in [0.1, 0.15) is 0 Å². The van der Waals surface area contributed by atoms with Gasteiger partial charge in [-0.05, 0) is 48.7 Å². The highest BCUT2D eigenvalue weighted by Gasteiger charge is 2.09. The van der Waals surface area contributed by atoms with Crippen LogP contribution in [0.5, 0.6) is 0 Å². The number of nitrogens with two attached hydrogens (primary N) is 1. The third-order valence-corrected chi connectivity index (χ3v) is 3.15. The van der Waals surface area contributed by atoms with Crippen molar-refractivity contribution < 1.29 is 4.79 Å². The summed E-state index contributed by atoms with van der Waals surface area (Å²) in [4.78, 5) is 12.3. The zero-order chi connectivity index (χ0) is 14.5. The zero-order valence-corrected chi connectivity index (χ0v) is 11.9. The number of anilines is 2. The summed E-state index contributed by atoms with van der Waals surface area (Å²) in [6.45, 7) is 4.05. The number of amides is 1. The second kappa shape index (κ2) is 6.24. The number of carbonyl (C=O) groups excluding carboxylic acids is 1. The molecule has 0 aliphatic heterocycles. The van der Waals surface area contributed by atoms with E-state index in [-0.39, 0.29) is 5.91 Å². The summed E-state index contributed by atoms with van der Waals surface area (Å²) in [5.41, 5.74) is 10.0. The second-order valence-electron chi connectivity index (χ2n) is 4.99. The Bertz CT molecular complexity index is 600. The van der Waals surface area contributed by atoms with Gasteiger partial charge < -0.3 is 11.1 Å². The smallest absolute Gasteiger partial charge is 0.255 e. The minimum absolute atomic E-state index is 0.121. The van der Waals surface area contributed by atoms with Gasteiger partial charge in [-0.1, -0.05) is 31.5 Å². The number of hydrogen-bond acceptors (Lipinski definition) is 2. The summed E-state index contributed by atoms with van der Waals surface area (Å²) in [5.74, 6) is -0.121. The molecule has 0 aromatic heterocycles. The fraction of sp³-hybridized carbons (Fsp3) is 0.235. The number of aryl methyl sites for hydroxylation is 2. The molecular formula is C17H20N2O. The molecule has 0 aliphatic carbocycles. The van der Waals surface area contributed by atoms with Gasteiger partial charge in [-0.2, -0.15) is 0 Å². The first kappa shape index (κ1) is 14.1. The Morgan fingerprint density at radius 2 is 1.95 bits per heavy atom. The maximum atomic E-state index is 12.3. The van der Waals surface area contributed by atoms with Crippen molar-refractivity contribution in [1.82, 2.24) is 0 Å². The first-order chi connectivity index (χ1) is 9.60. The molecule has 2 aromatic rings. The van der Waals surface area contributed by atoms with Gasteiger partial charge in [-0.3, -0.25) is 4.79 Å². The van der Waals surface area contributed by atoms with Crippen LogP contribution in [0.1, 0.15) is 34.8 Å². The molecule has 3 N–H and O–H groups in total. The number of carbonyl (C=O) groups is 1. The summed E-state index contributed by atoms with van der Waals surface area (Å²) in [5, 5.41) is 2.97. The lowest BCUT2D eigenvalue weighted by Crippen LogP contribution is -2.13. The third kappa shape index (κ3) is 3.38. The highest BCUT2D eigenvalue weighted by atomic mass is 16.1. The van der Waals surface area contributed by atoms with Crippen LogP contribution in [-0.4, -0.2) is 5.91 Å². The van der Waals surface area contributed by atoms with E-state index in [1.54, 1.807) is 6.07 Å². The number of nitrogens with one attached hydrogen (secondary N) is 1. The molecule has 0 unspecified atom stereocenters. The van der Waals surface area contributed by atoms with Crippen molar-refractivity contribution in [2.24, 2.45) is 0 Å². The lowest BCUT2D eigenvalue weighted by atomic mass is 10.1. The summed E-state index contributed by atoms with van der Waals surface area (Å²) in [7, 11) is 0. The zero-order valence-electron chi connectivity index (χ0n) is 11.9. The molecule has 0 heterocycles. The average Bonchev–Trinajstić information content (AvgIpc) is 2.40. The molecule has 0 atom stereocenters. The van der Waals surface area contributed by atoms with Crippen LogP contribution in [0.4, 0.5) is 11.4 Å². The molecule has 0 saturated heterocycles. The molecule has 3 heteroatoms. The first-order valence-electron chi connectivity index (χ1n) is 6.86. The Labute approximate surface area is 119 Å². The van der Waals surface area contributed by atoms with Gasteiger partial charge in [-0.25, -0.2) is 0 Å². The minimum Gasteiger partial charge on any atom is -0.399 e. The fourth-order valence-corrected chi connectivity index (χ4v) is 2.27. The van der Waals surface area contributed by atoms with Crippen LogP contribution < -0.4 is 11.1 Å². The van der Waals surface area contributed by atoms with Crippen LogP contribution in [0, 0.1) is 6.92 Å². The van der Waals surface area contributed by atoms with Crippen LogP contribution in [0.25, 0.3) is 0 Å². The summed E-state index contributed by atoms with van der Waals surface area (Å²) in [6, 6.07) is 13.3. The molecule has 0 radical (unpaired) electrons. The minimum atomic E-state index is -0.121. The maximum absolute atomic E-state index is 12.3. The van der Waals surface area contributed by atoms with E-state index in [9.17, 15) is 4.79 Å². The third-order valence-electron chi connectivity index (χ3n) is 3.15. The van der Waals surface area contributed by atoms with E-state index in [1.165, 1.54) is 0 Å². The van der Waals surface area contributed by atoms with E-state index >= 15 is 0 Å². The van der Waals surface area contributed by atoms with Crippen LogP contribution in [0.2, 0.25) is 0 Å². The summed E-state index contributed by atoms with van der Waals surface area (Å²) < 4.78 is 0. The standard InChI is InChI=1S/C17H20N2O/c1-3-6-13-7-4-5-8-16(13)19-17(20)14-9-12(2)10-15(18)11-14/h4-5,7-11H,3,6,18H2,1-2H3,(H,19,20). The van der Waals surface area contributed by atoms with Crippen molar-refractivity contribution in [3.63, 3.8) is 0 Å². The number of nitrogen functional groups attached to an aromatic ring is 1. The van der Waals surface area contributed by atoms with Gasteiger partial charge in [0.15, 0.2) is 0 Å². The molecule has 0 aliphatic rings. The van der Waals surface area contributed by atoms with Gasteiger partial charge in [0.2, 0.25) is 0 Å². The van der Waals surface area contributed by atoms with Gasteiger partial charge in [-0.15, -0.1) is 0 Å². The normalized spacial score (nSPS) is 10.3. The predicted molar refractivity (Wildman–Crippen MR) is 84.0 cm³/mol. The molecule has 0 spiro atoms. The SMILES string of the molecule is CCCc1ccccc1NC(=O)c1cc(C)cc(N)c1. The van der Waals surface area contributed by atoms with Crippen LogP contribution in [0.15, 0.2) is 42.5 Å². The topological polar surface area (TPSA) is 55.1 Å². The van der Waals surface area contributed by atoms with E-state index < -0.39 is 0 Å². The largest absolute Gasteiger partial charge is 0.399 e.